The number of H-pyrrole nitrogens is 1. The second-order valence-corrected chi connectivity index (χ2v) is 5.34. The number of nitrogens with one attached hydrogen (secondary N) is 1. The van der Waals surface area contributed by atoms with Crippen molar-refractivity contribution in [1.82, 2.24) is 9.66 Å². The molecule has 0 aliphatic carbocycles. The molecule has 0 bridgehead atoms. The van der Waals surface area contributed by atoms with Crippen LogP contribution in [0, 0.1) is 0 Å². The zero-order valence-electron chi connectivity index (χ0n) is 14.1. The zero-order chi connectivity index (χ0) is 18.7. The lowest BCUT2D eigenvalue weighted by Crippen LogP contribution is -2.32. The highest BCUT2D eigenvalue weighted by Crippen LogP contribution is 2.27. The number of aromatic amines is 1. The average molecular weight is 353 g/mol. The number of carbonyl (C=O) groups excluding carboxylic acids is 1. The zero-order valence-corrected chi connectivity index (χ0v) is 14.1. The van der Waals surface area contributed by atoms with E-state index in [1.807, 2.05) is 0 Å². The average Bonchev–Trinajstić information content (AvgIpc) is 2.62. The summed E-state index contributed by atoms with van der Waals surface area (Å²) >= 11 is 0. The van der Waals surface area contributed by atoms with E-state index in [2.05, 4.69) is 10.1 Å². The largest absolute Gasteiger partial charge is 0.493 e. The van der Waals surface area contributed by atoms with Gasteiger partial charge in [0.05, 0.1) is 24.2 Å². The van der Waals surface area contributed by atoms with E-state index in [0.717, 1.165) is 4.68 Å². The van der Waals surface area contributed by atoms with Crippen LogP contribution in [0.5, 0.6) is 11.5 Å². The van der Waals surface area contributed by atoms with Gasteiger partial charge in [-0.25, -0.2) is 4.79 Å². The van der Waals surface area contributed by atoms with Crippen LogP contribution in [0.1, 0.15) is 12.5 Å². The van der Waals surface area contributed by atoms with E-state index < -0.39 is 17.2 Å². The normalized spacial score (nSPS) is 11.0. The predicted molar refractivity (Wildman–Crippen MR) is 96.1 cm³/mol. The number of esters is 1. The molecular formula is C18H15N3O5. The second kappa shape index (κ2) is 7.06. The van der Waals surface area contributed by atoms with Gasteiger partial charge in [0.2, 0.25) is 0 Å². The monoisotopic (exact) mass is 353 g/mol. The van der Waals surface area contributed by atoms with E-state index in [4.69, 9.17) is 9.47 Å². The Morgan fingerprint density at radius 2 is 1.92 bits per heavy atom. The Bertz CT molecular complexity index is 1130. The first-order valence-electron chi connectivity index (χ1n) is 7.64. The van der Waals surface area contributed by atoms with Gasteiger partial charge in [0.25, 0.3) is 5.56 Å². The molecule has 0 saturated heterocycles. The molecule has 0 radical (unpaired) electrons. The van der Waals surface area contributed by atoms with E-state index in [1.54, 1.807) is 36.4 Å². The number of rotatable bonds is 4. The van der Waals surface area contributed by atoms with Crippen molar-refractivity contribution in [1.29, 1.82) is 0 Å². The molecule has 1 aromatic heterocycles. The molecule has 26 heavy (non-hydrogen) atoms. The lowest BCUT2D eigenvalue weighted by Gasteiger charge is -2.08. The Balaban J connectivity index is 2.00. The second-order valence-electron chi connectivity index (χ2n) is 5.34. The third kappa shape index (κ3) is 3.39. The Hall–Kier alpha value is -3.68. The molecule has 3 rings (SSSR count). The molecule has 0 spiro atoms. The minimum Gasteiger partial charge on any atom is -0.493 e. The van der Waals surface area contributed by atoms with Gasteiger partial charge < -0.3 is 14.5 Å². The van der Waals surface area contributed by atoms with Gasteiger partial charge in [-0.2, -0.15) is 5.10 Å². The van der Waals surface area contributed by atoms with Crippen LogP contribution in [0.25, 0.3) is 10.9 Å². The van der Waals surface area contributed by atoms with Gasteiger partial charge in [0.15, 0.2) is 11.5 Å². The fourth-order valence-electron chi connectivity index (χ4n) is 2.39. The van der Waals surface area contributed by atoms with Gasteiger partial charge in [-0.15, -0.1) is 4.68 Å². The SMILES string of the molecule is COc1cc(C=Nn2c(=O)[nH]c3ccccc3c2=O)ccc1OC(C)=O. The van der Waals surface area contributed by atoms with Crippen LogP contribution < -0.4 is 20.7 Å². The van der Waals surface area contributed by atoms with Crippen molar-refractivity contribution in [2.75, 3.05) is 7.11 Å². The molecule has 0 aliphatic rings. The summed E-state index contributed by atoms with van der Waals surface area (Å²) in [4.78, 5) is 38.2. The van der Waals surface area contributed by atoms with Gasteiger partial charge in [-0.05, 0) is 35.9 Å². The number of para-hydroxylation sites is 1. The molecule has 2 aromatic carbocycles. The summed E-state index contributed by atoms with van der Waals surface area (Å²) < 4.78 is 10.9. The summed E-state index contributed by atoms with van der Waals surface area (Å²) in [6, 6.07) is 11.4. The van der Waals surface area contributed by atoms with Gasteiger partial charge in [0.1, 0.15) is 0 Å². The first kappa shape index (κ1) is 17.2. The maximum atomic E-state index is 12.4. The van der Waals surface area contributed by atoms with E-state index >= 15 is 0 Å². The number of hydrogen-bond acceptors (Lipinski definition) is 6. The number of nitrogens with zero attached hydrogens (tertiary/aromatic N) is 2. The number of hydrogen-bond donors (Lipinski definition) is 1. The summed E-state index contributed by atoms with van der Waals surface area (Å²) in [5.74, 6) is 0.112. The maximum Gasteiger partial charge on any atom is 0.349 e. The number of methoxy groups -OCH3 is 1. The van der Waals surface area contributed by atoms with Crippen LogP contribution in [-0.4, -0.2) is 29.0 Å². The van der Waals surface area contributed by atoms with Crippen molar-refractivity contribution in [3.8, 4) is 11.5 Å². The van der Waals surface area contributed by atoms with Crippen molar-refractivity contribution in [3.63, 3.8) is 0 Å². The molecule has 3 aromatic rings. The fourth-order valence-corrected chi connectivity index (χ4v) is 2.39. The van der Waals surface area contributed by atoms with Crippen molar-refractivity contribution >= 4 is 23.1 Å². The minimum absolute atomic E-state index is 0.262. The molecule has 0 aliphatic heterocycles. The van der Waals surface area contributed by atoms with E-state index in [1.165, 1.54) is 26.3 Å². The highest BCUT2D eigenvalue weighted by Gasteiger charge is 2.08. The molecule has 8 nitrogen and oxygen atoms in total. The third-order valence-corrected chi connectivity index (χ3v) is 3.55. The van der Waals surface area contributed by atoms with Crippen LogP contribution in [0.2, 0.25) is 0 Å². The van der Waals surface area contributed by atoms with Gasteiger partial charge in [0, 0.05) is 6.92 Å². The highest BCUT2D eigenvalue weighted by molar-refractivity contribution is 5.82. The summed E-state index contributed by atoms with van der Waals surface area (Å²) in [6.45, 7) is 1.28. The Labute approximate surface area is 147 Å². The number of benzene rings is 2. The van der Waals surface area contributed by atoms with Crippen molar-refractivity contribution in [3.05, 3.63) is 68.9 Å². The minimum atomic E-state index is -0.645. The number of fused-ring (bicyclic) bond motifs is 1. The highest BCUT2D eigenvalue weighted by atomic mass is 16.6. The number of aromatic nitrogens is 2. The lowest BCUT2D eigenvalue weighted by atomic mass is 10.2. The van der Waals surface area contributed by atoms with Gasteiger partial charge in [-0.1, -0.05) is 12.1 Å². The summed E-state index contributed by atoms with van der Waals surface area (Å²) in [5, 5.41) is 4.32. The number of carbonyl (C=O) groups is 1. The molecule has 0 saturated carbocycles. The summed E-state index contributed by atoms with van der Waals surface area (Å²) in [7, 11) is 1.43. The molecule has 8 heteroatoms. The number of ether oxygens (including phenoxy) is 2. The first-order chi connectivity index (χ1) is 12.5. The molecule has 132 valence electrons. The van der Waals surface area contributed by atoms with E-state index in [-0.39, 0.29) is 5.75 Å². The first-order valence-corrected chi connectivity index (χ1v) is 7.64. The van der Waals surface area contributed by atoms with Crippen molar-refractivity contribution in [2.24, 2.45) is 5.10 Å². The van der Waals surface area contributed by atoms with Crippen LogP contribution in [-0.2, 0) is 4.79 Å². The molecule has 0 fully saturated rings. The fraction of sp³-hybridized carbons (Fsp3) is 0.111. The van der Waals surface area contributed by atoms with Gasteiger partial charge in [-0.3, -0.25) is 9.59 Å². The van der Waals surface area contributed by atoms with Crippen LogP contribution in [0.4, 0.5) is 0 Å². The van der Waals surface area contributed by atoms with Crippen LogP contribution >= 0.6 is 0 Å². The van der Waals surface area contributed by atoms with E-state index in [9.17, 15) is 14.4 Å². The van der Waals surface area contributed by atoms with Crippen LogP contribution in [0.3, 0.4) is 0 Å². The van der Waals surface area contributed by atoms with Crippen LogP contribution in [0.15, 0.2) is 57.2 Å². The topological polar surface area (TPSA) is 103 Å². The molecule has 1 heterocycles. The third-order valence-electron chi connectivity index (χ3n) is 3.55. The van der Waals surface area contributed by atoms with Crippen molar-refractivity contribution in [2.45, 2.75) is 6.92 Å². The summed E-state index contributed by atoms with van der Waals surface area (Å²) in [5.41, 5.74) is -0.170. The smallest absolute Gasteiger partial charge is 0.349 e. The quantitative estimate of drug-likeness (QED) is 0.435. The van der Waals surface area contributed by atoms with Crippen molar-refractivity contribution < 1.29 is 14.3 Å². The Morgan fingerprint density at radius 3 is 2.65 bits per heavy atom. The standard InChI is InChI=1S/C18H15N3O5/c1-11(22)26-15-8-7-12(9-16(15)25-2)10-19-21-17(23)13-5-3-4-6-14(13)20-18(21)24/h3-10H,1-2H3,(H,20,24). The molecule has 0 unspecified atom stereocenters. The van der Waals surface area contributed by atoms with Gasteiger partial charge >= 0.3 is 11.7 Å². The molecular weight excluding hydrogens is 338 g/mol. The molecule has 0 amide bonds. The maximum absolute atomic E-state index is 12.4. The summed E-state index contributed by atoms with van der Waals surface area (Å²) in [6.07, 6.45) is 1.34. The predicted octanol–water partition coefficient (Wildman–Crippen LogP) is 1.51. The lowest BCUT2D eigenvalue weighted by molar-refractivity contribution is -0.132. The Morgan fingerprint density at radius 1 is 1.15 bits per heavy atom. The van der Waals surface area contributed by atoms with E-state index in [0.29, 0.717) is 22.2 Å². The Kier molecular flexibility index (Phi) is 4.66. The molecule has 1 N–H and O–H groups in total. The molecule has 0 atom stereocenters.